The quantitative estimate of drug-likeness (QED) is 0.870. The number of amides is 1. The van der Waals surface area contributed by atoms with Crippen LogP contribution < -0.4 is 10.6 Å². The second-order valence-electron chi connectivity index (χ2n) is 4.97. The molecule has 1 saturated heterocycles. The lowest BCUT2D eigenvalue weighted by atomic mass is 10.1. The maximum absolute atomic E-state index is 12.4. The monoisotopic (exact) mass is 289 g/mol. The first-order chi connectivity index (χ1) is 9.46. The van der Waals surface area contributed by atoms with Crippen molar-refractivity contribution in [3.05, 3.63) is 24.0 Å². The molecule has 1 fully saturated rings. The largest absolute Gasteiger partial charge is 0.406 e. The van der Waals surface area contributed by atoms with E-state index in [1.165, 1.54) is 18.3 Å². The number of nitrogens with one attached hydrogen (secondary N) is 2. The Balaban J connectivity index is 1.84. The summed E-state index contributed by atoms with van der Waals surface area (Å²) in [4.78, 5) is 11.9. The number of aromatic nitrogens is 1. The molecule has 20 heavy (non-hydrogen) atoms. The van der Waals surface area contributed by atoms with Crippen LogP contribution in [-0.2, 0) is 6.54 Å². The van der Waals surface area contributed by atoms with Gasteiger partial charge >= 0.3 is 6.18 Å². The normalized spacial score (nSPS) is 19.2. The van der Waals surface area contributed by atoms with Crippen molar-refractivity contribution in [2.45, 2.75) is 38.0 Å². The highest BCUT2D eigenvalue weighted by molar-refractivity contribution is 5.92. The van der Waals surface area contributed by atoms with Gasteiger partial charge in [0.1, 0.15) is 12.2 Å². The first kappa shape index (κ1) is 14.9. The van der Waals surface area contributed by atoms with E-state index >= 15 is 0 Å². The summed E-state index contributed by atoms with van der Waals surface area (Å²) >= 11 is 0. The van der Waals surface area contributed by atoms with Crippen LogP contribution in [0.25, 0.3) is 0 Å². The van der Waals surface area contributed by atoms with Crippen molar-refractivity contribution >= 4 is 5.91 Å². The molecule has 4 nitrogen and oxygen atoms in total. The van der Waals surface area contributed by atoms with Crippen molar-refractivity contribution in [3.8, 4) is 0 Å². The molecule has 1 aromatic heterocycles. The van der Waals surface area contributed by atoms with E-state index in [-0.39, 0.29) is 5.69 Å². The Morgan fingerprint density at radius 1 is 1.50 bits per heavy atom. The van der Waals surface area contributed by atoms with Crippen LogP contribution in [0, 0.1) is 0 Å². The lowest BCUT2D eigenvalue weighted by Gasteiger charge is -2.13. The number of alkyl halides is 3. The minimum Gasteiger partial charge on any atom is -0.351 e. The number of halogens is 3. The maximum Gasteiger partial charge on any atom is 0.406 e. The van der Waals surface area contributed by atoms with Gasteiger partial charge in [0.05, 0.1) is 0 Å². The molecule has 2 rings (SSSR count). The van der Waals surface area contributed by atoms with Crippen LogP contribution in [0.2, 0.25) is 0 Å². The molecular weight excluding hydrogens is 271 g/mol. The van der Waals surface area contributed by atoms with E-state index in [1.54, 1.807) is 0 Å². The first-order valence-corrected chi connectivity index (χ1v) is 6.69. The molecule has 0 aliphatic carbocycles. The molecule has 2 N–H and O–H groups in total. The fourth-order valence-corrected chi connectivity index (χ4v) is 2.40. The van der Waals surface area contributed by atoms with Crippen molar-refractivity contribution < 1.29 is 18.0 Å². The van der Waals surface area contributed by atoms with Crippen LogP contribution >= 0.6 is 0 Å². The summed E-state index contributed by atoms with van der Waals surface area (Å²) in [6.45, 7) is 0.313. The fourth-order valence-electron chi connectivity index (χ4n) is 2.40. The summed E-state index contributed by atoms with van der Waals surface area (Å²) in [5.74, 6) is -0.461. The Bertz CT molecular complexity index is 450. The van der Waals surface area contributed by atoms with Crippen LogP contribution in [0.3, 0.4) is 0 Å². The average molecular weight is 289 g/mol. The van der Waals surface area contributed by atoms with Crippen LogP contribution in [0.15, 0.2) is 18.3 Å². The predicted octanol–water partition coefficient (Wildman–Crippen LogP) is 1.92. The van der Waals surface area contributed by atoms with Crippen molar-refractivity contribution in [1.29, 1.82) is 0 Å². The third-order valence-corrected chi connectivity index (χ3v) is 3.35. The topological polar surface area (TPSA) is 46.1 Å². The number of hydrogen-bond donors (Lipinski definition) is 2. The second-order valence-corrected chi connectivity index (χ2v) is 4.97. The minimum absolute atomic E-state index is 0.0432. The molecule has 0 spiro atoms. The van der Waals surface area contributed by atoms with Gasteiger partial charge in [0.2, 0.25) is 0 Å². The van der Waals surface area contributed by atoms with Gasteiger partial charge in [-0.3, -0.25) is 4.79 Å². The molecule has 0 bridgehead atoms. The predicted molar refractivity (Wildman–Crippen MR) is 68.5 cm³/mol. The molecule has 1 aliphatic rings. The van der Waals surface area contributed by atoms with Crippen molar-refractivity contribution in [2.24, 2.45) is 0 Å². The van der Waals surface area contributed by atoms with E-state index in [0.717, 1.165) is 30.4 Å². The van der Waals surface area contributed by atoms with Crippen molar-refractivity contribution in [3.63, 3.8) is 0 Å². The summed E-state index contributed by atoms with van der Waals surface area (Å²) in [6.07, 6.45) is -0.0537. The molecule has 112 valence electrons. The Kier molecular flexibility index (Phi) is 4.69. The Morgan fingerprint density at radius 2 is 2.30 bits per heavy atom. The zero-order valence-corrected chi connectivity index (χ0v) is 11.0. The highest BCUT2D eigenvalue weighted by atomic mass is 19.4. The van der Waals surface area contributed by atoms with Crippen LogP contribution in [0.1, 0.15) is 29.8 Å². The molecule has 2 heterocycles. The average Bonchev–Trinajstić information content (AvgIpc) is 2.98. The number of carbonyl (C=O) groups is 1. The smallest absolute Gasteiger partial charge is 0.351 e. The van der Waals surface area contributed by atoms with Gasteiger partial charge < -0.3 is 15.2 Å². The SMILES string of the molecule is O=C(NCC[C@H]1CCCN1)c1cccn1CC(F)(F)F. The third kappa shape index (κ3) is 4.26. The summed E-state index contributed by atoms with van der Waals surface area (Å²) in [7, 11) is 0. The molecular formula is C13H18F3N3O. The van der Waals surface area contributed by atoms with Gasteiger partial charge in [-0.05, 0) is 37.9 Å². The second kappa shape index (κ2) is 6.30. The van der Waals surface area contributed by atoms with Crippen LogP contribution in [-0.4, -0.2) is 35.8 Å². The molecule has 0 radical (unpaired) electrons. The Morgan fingerprint density at radius 3 is 2.95 bits per heavy atom. The lowest BCUT2D eigenvalue weighted by Crippen LogP contribution is -2.32. The Hall–Kier alpha value is -1.50. The fraction of sp³-hybridized carbons (Fsp3) is 0.615. The van der Waals surface area contributed by atoms with Crippen LogP contribution in [0.5, 0.6) is 0 Å². The molecule has 0 saturated carbocycles. The zero-order valence-electron chi connectivity index (χ0n) is 11.0. The third-order valence-electron chi connectivity index (χ3n) is 3.35. The minimum atomic E-state index is -4.33. The highest BCUT2D eigenvalue weighted by Crippen LogP contribution is 2.19. The van der Waals surface area contributed by atoms with E-state index in [4.69, 9.17) is 0 Å². The van der Waals surface area contributed by atoms with E-state index in [2.05, 4.69) is 10.6 Å². The molecule has 7 heteroatoms. The molecule has 1 aliphatic heterocycles. The summed E-state index contributed by atoms with van der Waals surface area (Å²) in [5.41, 5.74) is 0.0432. The first-order valence-electron chi connectivity index (χ1n) is 6.69. The van der Waals surface area contributed by atoms with Gasteiger partial charge in [0.25, 0.3) is 5.91 Å². The summed E-state index contributed by atoms with van der Waals surface area (Å²) in [5, 5.41) is 5.97. The van der Waals surface area contributed by atoms with Gasteiger partial charge in [-0.1, -0.05) is 0 Å². The van der Waals surface area contributed by atoms with Gasteiger partial charge in [-0.15, -0.1) is 0 Å². The number of carbonyl (C=O) groups excluding carboxylic acids is 1. The van der Waals surface area contributed by atoms with E-state index < -0.39 is 18.6 Å². The van der Waals surface area contributed by atoms with Crippen molar-refractivity contribution in [2.75, 3.05) is 13.1 Å². The van der Waals surface area contributed by atoms with E-state index in [9.17, 15) is 18.0 Å². The van der Waals surface area contributed by atoms with E-state index in [1.807, 2.05) is 0 Å². The van der Waals surface area contributed by atoms with Crippen molar-refractivity contribution in [1.82, 2.24) is 15.2 Å². The molecule has 0 aromatic carbocycles. The van der Waals surface area contributed by atoms with Gasteiger partial charge in [0, 0.05) is 18.8 Å². The number of hydrogen-bond acceptors (Lipinski definition) is 2. The highest BCUT2D eigenvalue weighted by Gasteiger charge is 2.29. The van der Waals surface area contributed by atoms with Gasteiger partial charge in [-0.25, -0.2) is 0 Å². The maximum atomic E-state index is 12.4. The summed E-state index contributed by atoms with van der Waals surface area (Å²) in [6, 6.07) is 3.24. The lowest BCUT2D eigenvalue weighted by molar-refractivity contribution is -0.140. The molecule has 1 atom stereocenters. The van der Waals surface area contributed by atoms with Gasteiger partial charge in [-0.2, -0.15) is 13.2 Å². The molecule has 0 unspecified atom stereocenters. The summed E-state index contributed by atoms with van der Waals surface area (Å²) < 4.78 is 38.0. The standard InChI is InChI=1S/C13H18F3N3O/c14-13(15,16)9-19-8-2-4-11(19)12(20)18-7-5-10-3-1-6-17-10/h2,4,8,10,17H,1,3,5-7,9H2,(H,18,20)/t10-/m1/s1. The van der Waals surface area contributed by atoms with Gasteiger partial charge in [0.15, 0.2) is 0 Å². The zero-order chi connectivity index (χ0) is 14.6. The number of nitrogens with zero attached hydrogens (tertiary/aromatic N) is 1. The Labute approximate surface area is 115 Å². The molecule has 1 amide bonds. The number of rotatable bonds is 5. The van der Waals surface area contributed by atoms with E-state index in [0.29, 0.717) is 12.6 Å². The van der Waals surface area contributed by atoms with Crippen LogP contribution in [0.4, 0.5) is 13.2 Å². The molecule has 1 aromatic rings.